The van der Waals surface area contributed by atoms with Crippen molar-refractivity contribution < 1.29 is 18.5 Å². The molecule has 116 valence electrons. The monoisotopic (exact) mass is 369 g/mol. The van der Waals surface area contributed by atoms with Gasteiger partial charge in [0.1, 0.15) is 6.54 Å². The molecule has 2 rings (SSSR count). The number of rotatable bonds is 5. The Labute approximate surface area is 136 Å². The molecule has 0 aromatic heterocycles. The molecule has 6 heteroatoms. The molecule has 0 saturated heterocycles. The number of amides is 1. The zero-order valence-corrected chi connectivity index (χ0v) is 13.6. The Bertz CT molecular complexity index is 662. The number of hydrogen-bond donors (Lipinski definition) is 2. The van der Waals surface area contributed by atoms with E-state index in [1.807, 2.05) is 31.3 Å². The first-order chi connectivity index (χ1) is 10.4. The van der Waals surface area contributed by atoms with E-state index in [9.17, 15) is 13.6 Å². The summed E-state index contributed by atoms with van der Waals surface area (Å²) in [4.78, 5) is 12.9. The fourth-order valence-corrected chi connectivity index (χ4v) is 2.33. The van der Waals surface area contributed by atoms with Gasteiger partial charge in [-0.3, -0.25) is 4.79 Å². The van der Waals surface area contributed by atoms with E-state index in [2.05, 4.69) is 21.2 Å². The zero-order chi connectivity index (χ0) is 16.1. The van der Waals surface area contributed by atoms with Crippen molar-refractivity contribution in [2.75, 3.05) is 18.9 Å². The van der Waals surface area contributed by atoms with Crippen LogP contribution in [0.2, 0.25) is 0 Å². The second-order valence-electron chi connectivity index (χ2n) is 5.11. The molecule has 22 heavy (non-hydrogen) atoms. The molecule has 0 bridgehead atoms. The summed E-state index contributed by atoms with van der Waals surface area (Å²) in [6.45, 7) is 0.924. The minimum Gasteiger partial charge on any atom is -0.326 e. The van der Waals surface area contributed by atoms with Crippen LogP contribution in [0.3, 0.4) is 0 Å². The van der Waals surface area contributed by atoms with Crippen molar-refractivity contribution in [1.29, 1.82) is 0 Å². The minimum atomic E-state index is -0.978. The Hall–Kier alpha value is -1.79. The number of halogens is 3. The Morgan fingerprint density at radius 2 is 1.82 bits per heavy atom. The lowest BCUT2D eigenvalue weighted by Crippen LogP contribution is -3.08. The van der Waals surface area contributed by atoms with E-state index in [0.29, 0.717) is 6.54 Å². The van der Waals surface area contributed by atoms with Gasteiger partial charge in [-0.1, -0.05) is 28.1 Å². The molecule has 2 aromatic carbocycles. The maximum atomic E-state index is 13.1. The molecule has 1 amide bonds. The highest BCUT2D eigenvalue weighted by Gasteiger charge is 2.12. The average Bonchev–Trinajstić information content (AvgIpc) is 2.45. The smallest absolute Gasteiger partial charge is 0.279 e. The molecule has 0 saturated carbocycles. The second-order valence-corrected chi connectivity index (χ2v) is 6.03. The number of benzene rings is 2. The zero-order valence-electron chi connectivity index (χ0n) is 12.0. The number of carbonyl (C=O) groups is 1. The molecule has 3 nitrogen and oxygen atoms in total. The molecule has 0 radical (unpaired) electrons. The number of nitrogens with one attached hydrogen (secondary N) is 2. The molecular weight excluding hydrogens is 354 g/mol. The van der Waals surface area contributed by atoms with E-state index in [-0.39, 0.29) is 18.1 Å². The van der Waals surface area contributed by atoms with Gasteiger partial charge in [-0.05, 0) is 24.3 Å². The first-order valence-corrected chi connectivity index (χ1v) is 7.54. The third-order valence-corrected chi connectivity index (χ3v) is 3.61. The topological polar surface area (TPSA) is 33.5 Å². The molecule has 2 aromatic rings. The van der Waals surface area contributed by atoms with Crippen LogP contribution >= 0.6 is 15.9 Å². The van der Waals surface area contributed by atoms with Crippen LogP contribution in [0.5, 0.6) is 0 Å². The van der Waals surface area contributed by atoms with Crippen LogP contribution in [0.25, 0.3) is 0 Å². The van der Waals surface area contributed by atoms with Crippen molar-refractivity contribution in [3.63, 3.8) is 0 Å². The molecule has 0 fully saturated rings. The predicted molar refractivity (Wildman–Crippen MR) is 84.6 cm³/mol. The molecule has 0 aliphatic heterocycles. The number of likely N-dealkylation sites (N-methyl/N-ethyl adjacent to an activating group) is 1. The van der Waals surface area contributed by atoms with Crippen LogP contribution in [0, 0.1) is 11.6 Å². The highest BCUT2D eigenvalue weighted by molar-refractivity contribution is 9.10. The van der Waals surface area contributed by atoms with Gasteiger partial charge in [0.15, 0.2) is 18.2 Å². The Kier molecular flexibility index (Phi) is 5.63. The lowest BCUT2D eigenvalue weighted by Gasteiger charge is -2.14. The van der Waals surface area contributed by atoms with Crippen molar-refractivity contribution in [1.82, 2.24) is 0 Å². The maximum Gasteiger partial charge on any atom is 0.279 e. The lowest BCUT2D eigenvalue weighted by atomic mass is 10.2. The van der Waals surface area contributed by atoms with E-state index >= 15 is 0 Å². The summed E-state index contributed by atoms with van der Waals surface area (Å²) in [7, 11) is 1.90. The van der Waals surface area contributed by atoms with Crippen LogP contribution in [0.4, 0.5) is 14.5 Å². The predicted octanol–water partition coefficient (Wildman–Crippen LogP) is 2.38. The molecule has 1 unspecified atom stereocenters. The van der Waals surface area contributed by atoms with Gasteiger partial charge in [0, 0.05) is 21.8 Å². The van der Waals surface area contributed by atoms with Gasteiger partial charge in [-0.25, -0.2) is 8.78 Å². The summed E-state index contributed by atoms with van der Waals surface area (Å²) < 4.78 is 26.9. The van der Waals surface area contributed by atoms with Gasteiger partial charge in [0.25, 0.3) is 5.91 Å². The average molecular weight is 370 g/mol. The van der Waals surface area contributed by atoms with Crippen LogP contribution < -0.4 is 10.2 Å². The number of quaternary nitrogens is 1. The number of hydrogen-bond acceptors (Lipinski definition) is 1. The Balaban J connectivity index is 1.88. The third-order valence-electron chi connectivity index (χ3n) is 3.08. The summed E-state index contributed by atoms with van der Waals surface area (Å²) in [6, 6.07) is 11.2. The lowest BCUT2D eigenvalue weighted by molar-refractivity contribution is -0.885. The summed E-state index contributed by atoms with van der Waals surface area (Å²) in [6.07, 6.45) is 0. The van der Waals surface area contributed by atoms with E-state index in [0.717, 1.165) is 27.1 Å². The van der Waals surface area contributed by atoms with Crippen molar-refractivity contribution in [2.24, 2.45) is 0 Å². The molecule has 0 aliphatic carbocycles. The van der Waals surface area contributed by atoms with Gasteiger partial charge in [0.05, 0.1) is 7.05 Å². The highest BCUT2D eigenvalue weighted by Crippen LogP contribution is 2.12. The van der Waals surface area contributed by atoms with Gasteiger partial charge >= 0.3 is 0 Å². The highest BCUT2D eigenvalue weighted by atomic mass is 79.9. The van der Waals surface area contributed by atoms with Crippen molar-refractivity contribution in [3.8, 4) is 0 Å². The van der Waals surface area contributed by atoms with Crippen LogP contribution in [0.15, 0.2) is 46.9 Å². The molecule has 1 atom stereocenters. The largest absolute Gasteiger partial charge is 0.326 e. The summed E-state index contributed by atoms with van der Waals surface area (Å²) >= 11 is 3.37. The van der Waals surface area contributed by atoms with E-state index in [4.69, 9.17) is 0 Å². The molecule has 0 spiro atoms. The molecular formula is C16H16BrF2N2O+. The standard InChI is InChI=1S/C16H15BrF2N2O/c1-21(9-11-2-4-12(17)5-3-11)10-16(22)20-13-6-7-14(18)15(19)8-13/h2-8H,9-10H2,1H3,(H,20,22)/p+1. The van der Waals surface area contributed by atoms with Gasteiger partial charge < -0.3 is 10.2 Å². The maximum absolute atomic E-state index is 13.1. The van der Waals surface area contributed by atoms with Crippen molar-refractivity contribution in [3.05, 3.63) is 64.1 Å². The SMILES string of the molecule is C[NH+](CC(=O)Nc1ccc(F)c(F)c1)Cc1ccc(Br)cc1. The summed E-state index contributed by atoms with van der Waals surface area (Å²) in [5.41, 5.74) is 1.36. The number of carbonyl (C=O) groups excluding carboxylic acids is 1. The molecule has 0 aliphatic rings. The summed E-state index contributed by atoms with van der Waals surface area (Å²) in [5.74, 6) is -2.16. The van der Waals surface area contributed by atoms with Gasteiger partial charge in [-0.2, -0.15) is 0 Å². The third kappa shape index (κ3) is 4.89. The molecule has 0 heterocycles. The van der Waals surface area contributed by atoms with Crippen LogP contribution in [0.1, 0.15) is 5.56 Å². The van der Waals surface area contributed by atoms with E-state index in [1.54, 1.807) is 0 Å². The second kappa shape index (κ2) is 7.47. The fraction of sp³-hybridized carbons (Fsp3) is 0.188. The Morgan fingerprint density at radius 1 is 1.14 bits per heavy atom. The summed E-state index contributed by atoms with van der Waals surface area (Å²) in [5, 5.41) is 2.56. The number of anilines is 1. The normalized spacial score (nSPS) is 12.0. The molecule has 2 N–H and O–H groups in total. The Morgan fingerprint density at radius 3 is 2.45 bits per heavy atom. The van der Waals surface area contributed by atoms with Crippen molar-refractivity contribution >= 4 is 27.5 Å². The minimum absolute atomic E-state index is 0.231. The first kappa shape index (κ1) is 16.6. The van der Waals surface area contributed by atoms with Crippen LogP contribution in [-0.4, -0.2) is 19.5 Å². The van der Waals surface area contributed by atoms with E-state index in [1.165, 1.54) is 6.07 Å². The quantitative estimate of drug-likeness (QED) is 0.833. The van der Waals surface area contributed by atoms with Crippen molar-refractivity contribution in [2.45, 2.75) is 6.54 Å². The van der Waals surface area contributed by atoms with E-state index < -0.39 is 11.6 Å². The fourth-order valence-electron chi connectivity index (χ4n) is 2.07. The van der Waals surface area contributed by atoms with Gasteiger partial charge in [0.2, 0.25) is 0 Å². The van der Waals surface area contributed by atoms with Crippen LogP contribution in [-0.2, 0) is 11.3 Å². The first-order valence-electron chi connectivity index (χ1n) is 6.74. The van der Waals surface area contributed by atoms with Gasteiger partial charge in [-0.15, -0.1) is 0 Å².